The van der Waals surface area contributed by atoms with Crippen molar-refractivity contribution in [2.24, 2.45) is 23.7 Å². The molecule has 2 aromatic carbocycles. The van der Waals surface area contributed by atoms with Crippen LogP contribution in [0.5, 0.6) is 0 Å². The number of fused-ring (bicyclic) bond motifs is 2. The molecular weight excluding hydrogens is 412 g/mol. The number of Topliss-reactive ketones (excluding diaryl/α,β-unsaturated/α-hetero) is 1. The van der Waals surface area contributed by atoms with E-state index >= 15 is 0 Å². The van der Waals surface area contributed by atoms with E-state index in [9.17, 15) is 24.5 Å². The normalized spacial score (nSPS) is 23.5. The number of rotatable bonds is 7. The van der Waals surface area contributed by atoms with E-state index in [0.717, 1.165) is 19.3 Å². The van der Waals surface area contributed by atoms with E-state index in [1.165, 1.54) is 12.1 Å². The van der Waals surface area contributed by atoms with E-state index in [4.69, 9.17) is 4.74 Å². The Bertz CT molecular complexity index is 1070. The molecule has 32 heavy (non-hydrogen) atoms. The molecule has 8 nitrogen and oxygen atoms in total. The van der Waals surface area contributed by atoms with E-state index in [1.807, 2.05) is 6.07 Å². The quantitative estimate of drug-likeness (QED) is 0.304. The zero-order valence-corrected chi connectivity index (χ0v) is 17.7. The first-order chi connectivity index (χ1) is 15.3. The standard InChI is InChI=1S/C24H24N2O6/c1-14-7-10-18(12-19(14)26(30)31)25-20(27)13-32-24(29)22-17-9-8-16(11-17)21(22)23(28)15-5-3-2-4-6-15/h2-7,10,12,16-17,21-22H,8-9,11,13H2,1H3,(H,25,27)/t16-,17-,21+,22+/m0/s1. The van der Waals surface area contributed by atoms with Crippen LogP contribution in [0.3, 0.4) is 0 Å². The summed E-state index contributed by atoms with van der Waals surface area (Å²) in [6, 6.07) is 13.3. The first kappa shape index (κ1) is 21.7. The van der Waals surface area contributed by atoms with Crippen molar-refractivity contribution in [2.45, 2.75) is 26.2 Å². The molecule has 4 rings (SSSR count). The predicted molar refractivity (Wildman–Crippen MR) is 116 cm³/mol. The van der Waals surface area contributed by atoms with Gasteiger partial charge in [0, 0.05) is 28.8 Å². The molecule has 4 atom stereocenters. The van der Waals surface area contributed by atoms with Gasteiger partial charge in [0.05, 0.1) is 10.8 Å². The van der Waals surface area contributed by atoms with Gasteiger partial charge < -0.3 is 10.1 Å². The van der Waals surface area contributed by atoms with E-state index in [0.29, 0.717) is 11.1 Å². The van der Waals surface area contributed by atoms with Gasteiger partial charge >= 0.3 is 5.97 Å². The number of ether oxygens (including phenoxy) is 1. The van der Waals surface area contributed by atoms with Gasteiger partial charge in [0.1, 0.15) is 0 Å². The van der Waals surface area contributed by atoms with Crippen molar-refractivity contribution in [3.8, 4) is 0 Å². The van der Waals surface area contributed by atoms with Gasteiger partial charge in [0.25, 0.3) is 11.6 Å². The molecule has 2 fully saturated rings. The number of nitrogens with zero attached hydrogens (tertiary/aromatic N) is 1. The van der Waals surface area contributed by atoms with Gasteiger partial charge in [-0.1, -0.05) is 36.4 Å². The van der Waals surface area contributed by atoms with Gasteiger partial charge in [-0.2, -0.15) is 0 Å². The summed E-state index contributed by atoms with van der Waals surface area (Å²) in [5.74, 6) is -1.89. The third-order valence-electron chi connectivity index (χ3n) is 6.58. The number of benzene rings is 2. The number of carbonyl (C=O) groups is 3. The van der Waals surface area contributed by atoms with Crippen LogP contribution in [0, 0.1) is 40.7 Å². The first-order valence-electron chi connectivity index (χ1n) is 10.7. The van der Waals surface area contributed by atoms with Gasteiger partial charge in [-0.25, -0.2) is 0 Å². The minimum atomic E-state index is -0.592. The van der Waals surface area contributed by atoms with E-state index in [2.05, 4.69) is 5.32 Å². The van der Waals surface area contributed by atoms with Crippen molar-refractivity contribution in [2.75, 3.05) is 11.9 Å². The maximum Gasteiger partial charge on any atom is 0.310 e. The summed E-state index contributed by atoms with van der Waals surface area (Å²) in [7, 11) is 0. The largest absolute Gasteiger partial charge is 0.455 e. The summed E-state index contributed by atoms with van der Waals surface area (Å²) < 4.78 is 5.29. The number of hydrogen-bond acceptors (Lipinski definition) is 6. The topological polar surface area (TPSA) is 116 Å². The average molecular weight is 436 g/mol. The summed E-state index contributed by atoms with van der Waals surface area (Å²) in [6.07, 6.45) is 2.62. The molecule has 0 aliphatic heterocycles. The summed E-state index contributed by atoms with van der Waals surface area (Å²) in [5, 5.41) is 13.6. The summed E-state index contributed by atoms with van der Waals surface area (Å²) in [5.41, 5.74) is 1.20. The molecule has 0 aromatic heterocycles. The van der Waals surface area contributed by atoms with Crippen LogP contribution in [0.15, 0.2) is 48.5 Å². The fraction of sp³-hybridized carbons (Fsp3) is 0.375. The highest BCUT2D eigenvalue weighted by molar-refractivity contribution is 6.01. The lowest BCUT2D eigenvalue weighted by Crippen LogP contribution is -2.37. The maximum atomic E-state index is 13.1. The monoisotopic (exact) mass is 436 g/mol. The molecule has 0 unspecified atom stereocenters. The highest BCUT2D eigenvalue weighted by Gasteiger charge is 2.54. The number of aryl methyl sites for hydroxylation is 1. The number of esters is 1. The second-order valence-electron chi connectivity index (χ2n) is 8.53. The van der Waals surface area contributed by atoms with Crippen molar-refractivity contribution in [1.82, 2.24) is 0 Å². The lowest BCUT2D eigenvalue weighted by Gasteiger charge is -2.28. The minimum absolute atomic E-state index is 0.0452. The molecule has 2 aromatic rings. The third-order valence-corrected chi connectivity index (χ3v) is 6.58. The van der Waals surface area contributed by atoms with Crippen LogP contribution in [0.2, 0.25) is 0 Å². The predicted octanol–water partition coefficient (Wildman–Crippen LogP) is 3.93. The fourth-order valence-corrected chi connectivity index (χ4v) is 5.12. The first-order valence-corrected chi connectivity index (χ1v) is 10.7. The van der Waals surface area contributed by atoms with Crippen LogP contribution in [0.25, 0.3) is 0 Å². The van der Waals surface area contributed by atoms with E-state index in [1.54, 1.807) is 37.3 Å². The Morgan fingerprint density at radius 1 is 1.06 bits per heavy atom. The molecular formula is C24H24N2O6. The molecule has 0 heterocycles. The lowest BCUT2D eigenvalue weighted by atomic mass is 9.75. The molecule has 2 saturated carbocycles. The molecule has 1 amide bonds. The summed E-state index contributed by atoms with van der Waals surface area (Å²) >= 11 is 0. The molecule has 0 radical (unpaired) electrons. The van der Waals surface area contributed by atoms with Crippen molar-refractivity contribution in [3.63, 3.8) is 0 Å². The van der Waals surface area contributed by atoms with Gasteiger partial charge in [0.15, 0.2) is 12.4 Å². The van der Waals surface area contributed by atoms with Crippen LogP contribution in [0.1, 0.15) is 35.2 Å². The van der Waals surface area contributed by atoms with Gasteiger partial charge in [0.2, 0.25) is 0 Å². The van der Waals surface area contributed by atoms with Crippen LogP contribution in [-0.4, -0.2) is 29.2 Å². The molecule has 0 spiro atoms. The molecule has 2 aliphatic carbocycles. The number of anilines is 1. The van der Waals surface area contributed by atoms with E-state index < -0.39 is 35.2 Å². The number of amides is 1. The van der Waals surface area contributed by atoms with Crippen molar-refractivity contribution in [3.05, 3.63) is 69.8 Å². The number of nitro benzene ring substituents is 1. The third kappa shape index (κ3) is 4.26. The molecule has 2 aliphatic rings. The van der Waals surface area contributed by atoms with Crippen LogP contribution in [0.4, 0.5) is 11.4 Å². The SMILES string of the molecule is Cc1ccc(NC(=O)COC(=O)[C@@H]2[C@H]3CC[C@@H](C3)[C@H]2C(=O)c2ccccc2)cc1[N+](=O)[O-]. The Balaban J connectivity index is 1.40. The number of carbonyl (C=O) groups excluding carboxylic acids is 3. The number of nitro groups is 1. The zero-order valence-electron chi connectivity index (χ0n) is 17.7. The van der Waals surface area contributed by atoms with Gasteiger partial charge in [-0.15, -0.1) is 0 Å². The highest BCUT2D eigenvalue weighted by Crippen LogP contribution is 2.53. The Morgan fingerprint density at radius 3 is 2.44 bits per heavy atom. The second-order valence-corrected chi connectivity index (χ2v) is 8.53. The lowest BCUT2D eigenvalue weighted by molar-refractivity contribution is -0.385. The summed E-state index contributed by atoms with van der Waals surface area (Å²) in [6.45, 7) is 1.09. The average Bonchev–Trinajstić information content (AvgIpc) is 3.40. The van der Waals surface area contributed by atoms with Crippen LogP contribution < -0.4 is 5.32 Å². The smallest absolute Gasteiger partial charge is 0.310 e. The Kier molecular flexibility index (Phi) is 6.03. The van der Waals surface area contributed by atoms with Crippen molar-refractivity contribution in [1.29, 1.82) is 0 Å². The maximum absolute atomic E-state index is 13.1. The zero-order chi connectivity index (χ0) is 22.8. The number of hydrogen-bond donors (Lipinski definition) is 1. The highest BCUT2D eigenvalue weighted by atomic mass is 16.6. The van der Waals surface area contributed by atoms with Gasteiger partial charge in [-0.3, -0.25) is 24.5 Å². The molecule has 166 valence electrons. The second kappa shape index (κ2) is 8.90. The van der Waals surface area contributed by atoms with Crippen LogP contribution >= 0.6 is 0 Å². The van der Waals surface area contributed by atoms with Crippen molar-refractivity contribution < 1.29 is 24.0 Å². The summed E-state index contributed by atoms with van der Waals surface area (Å²) in [4.78, 5) is 48.8. The molecule has 0 saturated heterocycles. The Labute approximate surface area is 185 Å². The van der Waals surface area contributed by atoms with E-state index in [-0.39, 0.29) is 29.0 Å². The molecule has 1 N–H and O–H groups in total. The Hall–Kier alpha value is -3.55. The van der Waals surface area contributed by atoms with Crippen molar-refractivity contribution >= 4 is 29.0 Å². The number of nitrogens with one attached hydrogen (secondary N) is 1. The minimum Gasteiger partial charge on any atom is -0.455 e. The molecule has 8 heteroatoms. The fourth-order valence-electron chi connectivity index (χ4n) is 5.12. The van der Waals surface area contributed by atoms with Crippen LogP contribution in [-0.2, 0) is 14.3 Å². The molecule has 2 bridgehead atoms. The number of ketones is 1. The Morgan fingerprint density at radius 2 is 1.75 bits per heavy atom. The van der Waals surface area contributed by atoms with Gasteiger partial charge in [-0.05, 0) is 44.1 Å².